The molecule has 4 atom stereocenters. The Balaban J connectivity index is 1.95. The fraction of sp³-hybridized carbons (Fsp3) is 0.400. The van der Waals surface area contributed by atoms with Crippen LogP contribution in [0.25, 0.3) is 0 Å². The average Bonchev–Trinajstić information content (AvgIpc) is 2.95. The van der Waals surface area contributed by atoms with E-state index >= 15 is 0 Å². The highest BCUT2D eigenvalue weighted by Gasteiger charge is 2.28. The first kappa shape index (κ1) is 34.4. The fourth-order valence-electron chi connectivity index (χ4n) is 4.17. The van der Waals surface area contributed by atoms with Crippen molar-refractivity contribution in [1.82, 2.24) is 21.3 Å². The normalized spacial score (nSPS) is 13.6. The van der Waals surface area contributed by atoms with Crippen molar-refractivity contribution in [3.05, 3.63) is 71.3 Å². The standard InChI is InChI=1S/C30H40N6O7/c1-17(2)12-24(30(42)43)36-29(41)23(15-19-8-5-4-6-9-19)35-25(37)16-33-27(39)18(3)34-28(40)22(31)14-20-10-7-11-21(13-20)26(32)38/h4-11,13,17-18,22-24H,12,14-16,31H2,1-3H3,(H2,32,38)(H,33,39)(H,34,40)(H,35,37)(H,36,41)(H,42,43)/t18-,22-,23-,24-/m0/s1. The minimum atomic E-state index is -1.19. The molecule has 0 aliphatic heterocycles. The molecule has 13 heteroatoms. The largest absolute Gasteiger partial charge is 0.480 e. The number of nitrogens with two attached hydrogens (primary N) is 2. The Morgan fingerprint density at radius 3 is 2.02 bits per heavy atom. The van der Waals surface area contributed by atoms with Crippen molar-refractivity contribution in [2.75, 3.05) is 6.54 Å². The third kappa shape index (κ3) is 11.9. The van der Waals surface area contributed by atoms with Crippen LogP contribution in [-0.4, -0.2) is 71.3 Å². The van der Waals surface area contributed by atoms with Crippen molar-refractivity contribution in [1.29, 1.82) is 0 Å². The Bertz CT molecular complexity index is 1300. The molecule has 0 radical (unpaired) electrons. The van der Waals surface area contributed by atoms with E-state index in [1.165, 1.54) is 19.1 Å². The number of carbonyl (C=O) groups excluding carboxylic acids is 5. The predicted octanol–water partition coefficient (Wildman–Crippen LogP) is -0.381. The number of carboxylic acids is 1. The SMILES string of the molecule is CC(C)C[C@H](NC(=O)[C@H](Cc1ccccc1)NC(=O)CNC(=O)[C@H](C)NC(=O)[C@@H](N)Cc1cccc(C(N)=O)c1)C(=O)O. The summed E-state index contributed by atoms with van der Waals surface area (Å²) in [6.07, 6.45) is 0.387. The summed E-state index contributed by atoms with van der Waals surface area (Å²) < 4.78 is 0. The molecule has 0 saturated heterocycles. The minimum Gasteiger partial charge on any atom is -0.480 e. The highest BCUT2D eigenvalue weighted by Crippen LogP contribution is 2.09. The summed E-state index contributed by atoms with van der Waals surface area (Å²) in [5.74, 6) is -4.45. The van der Waals surface area contributed by atoms with Gasteiger partial charge in [-0.3, -0.25) is 24.0 Å². The monoisotopic (exact) mass is 596 g/mol. The van der Waals surface area contributed by atoms with Gasteiger partial charge in [-0.2, -0.15) is 0 Å². The highest BCUT2D eigenvalue weighted by molar-refractivity contribution is 5.94. The Morgan fingerprint density at radius 2 is 1.42 bits per heavy atom. The number of rotatable bonds is 16. The second-order valence-electron chi connectivity index (χ2n) is 10.7. The van der Waals surface area contributed by atoms with Gasteiger partial charge in [0.25, 0.3) is 0 Å². The van der Waals surface area contributed by atoms with Crippen molar-refractivity contribution in [3.63, 3.8) is 0 Å². The summed E-state index contributed by atoms with van der Waals surface area (Å²) in [6, 6.07) is 10.9. The van der Waals surface area contributed by atoms with E-state index in [0.29, 0.717) is 5.56 Å². The molecule has 43 heavy (non-hydrogen) atoms. The molecule has 13 nitrogen and oxygen atoms in total. The molecule has 2 aromatic carbocycles. The van der Waals surface area contributed by atoms with E-state index in [0.717, 1.165) is 5.56 Å². The maximum Gasteiger partial charge on any atom is 0.326 e. The quantitative estimate of drug-likeness (QED) is 0.135. The molecule has 0 unspecified atom stereocenters. The summed E-state index contributed by atoms with van der Waals surface area (Å²) in [5, 5.41) is 19.5. The zero-order chi connectivity index (χ0) is 32.1. The van der Waals surface area contributed by atoms with Gasteiger partial charge < -0.3 is 37.8 Å². The van der Waals surface area contributed by atoms with Gasteiger partial charge in [-0.05, 0) is 48.9 Å². The lowest BCUT2D eigenvalue weighted by atomic mass is 10.0. The van der Waals surface area contributed by atoms with Crippen LogP contribution in [0.1, 0.15) is 48.7 Å². The molecule has 0 aromatic heterocycles. The van der Waals surface area contributed by atoms with Gasteiger partial charge in [-0.15, -0.1) is 0 Å². The van der Waals surface area contributed by atoms with Crippen LogP contribution >= 0.6 is 0 Å². The summed E-state index contributed by atoms with van der Waals surface area (Å²) in [7, 11) is 0. The molecule has 9 N–H and O–H groups in total. The van der Waals surface area contributed by atoms with Crippen molar-refractivity contribution < 1.29 is 33.9 Å². The van der Waals surface area contributed by atoms with Crippen molar-refractivity contribution >= 4 is 35.5 Å². The molecular formula is C30H40N6O7. The van der Waals surface area contributed by atoms with Gasteiger partial charge in [0.1, 0.15) is 18.1 Å². The maximum atomic E-state index is 13.0. The molecule has 0 aliphatic carbocycles. The van der Waals surface area contributed by atoms with E-state index in [2.05, 4.69) is 21.3 Å². The van der Waals surface area contributed by atoms with E-state index in [4.69, 9.17) is 11.5 Å². The zero-order valence-corrected chi connectivity index (χ0v) is 24.5. The Morgan fingerprint density at radius 1 is 0.767 bits per heavy atom. The molecule has 0 bridgehead atoms. The first-order chi connectivity index (χ1) is 20.3. The number of aliphatic carboxylic acids is 1. The van der Waals surface area contributed by atoms with Crippen LogP contribution in [0, 0.1) is 5.92 Å². The maximum absolute atomic E-state index is 13.0. The highest BCUT2D eigenvalue weighted by atomic mass is 16.4. The lowest BCUT2D eigenvalue weighted by molar-refractivity contribution is -0.142. The zero-order valence-electron chi connectivity index (χ0n) is 24.5. The number of benzene rings is 2. The number of amides is 5. The number of hydrogen-bond acceptors (Lipinski definition) is 7. The van der Waals surface area contributed by atoms with Gasteiger partial charge in [-0.1, -0.05) is 56.3 Å². The number of nitrogens with one attached hydrogen (secondary N) is 4. The van der Waals surface area contributed by atoms with Crippen LogP contribution in [0.2, 0.25) is 0 Å². The van der Waals surface area contributed by atoms with Crippen LogP contribution in [-0.2, 0) is 36.8 Å². The predicted molar refractivity (Wildman–Crippen MR) is 158 cm³/mol. The topological polar surface area (TPSA) is 223 Å². The van der Waals surface area contributed by atoms with Crippen LogP contribution in [0.4, 0.5) is 0 Å². The van der Waals surface area contributed by atoms with Crippen LogP contribution < -0.4 is 32.7 Å². The first-order valence-electron chi connectivity index (χ1n) is 13.9. The van der Waals surface area contributed by atoms with Crippen LogP contribution in [0.3, 0.4) is 0 Å². The van der Waals surface area contributed by atoms with E-state index in [1.54, 1.807) is 42.5 Å². The van der Waals surface area contributed by atoms with Crippen molar-refractivity contribution in [2.45, 2.75) is 64.2 Å². The van der Waals surface area contributed by atoms with Crippen LogP contribution in [0.5, 0.6) is 0 Å². The number of primary amides is 1. The molecule has 2 aromatic rings. The number of carboxylic acid groups (broad SMARTS) is 1. The molecule has 232 valence electrons. The molecular weight excluding hydrogens is 556 g/mol. The molecule has 5 amide bonds. The van der Waals surface area contributed by atoms with Gasteiger partial charge in [0.2, 0.25) is 29.5 Å². The molecule has 0 spiro atoms. The second-order valence-corrected chi connectivity index (χ2v) is 10.7. The van der Waals surface area contributed by atoms with E-state index in [-0.39, 0.29) is 30.7 Å². The van der Waals surface area contributed by atoms with E-state index in [9.17, 15) is 33.9 Å². The number of carbonyl (C=O) groups is 6. The van der Waals surface area contributed by atoms with Gasteiger partial charge in [0.05, 0.1) is 12.6 Å². The molecule has 0 saturated carbocycles. The molecule has 0 fully saturated rings. The van der Waals surface area contributed by atoms with Crippen molar-refractivity contribution in [3.8, 4) is 0 Å². The summed E-state index contributed by atoms with van der Waals surface area (Å²) in [4.78, 5) is 73.9. The average molecular weight is 597 g/mol. The summed E-state index contributed by atoms with van der Waals surface area (Å²) in [5.41, 5.74) is 12.9. The Kier molecular flexibility index (Phi) is 13.3. The van der Waals surface area contributed by atoms with E-state index < -0.39 is 66.2 Å². The molecule has 2 rings (SSSR count). The van der Waals surface area contributed by atoms with Gasteiger partial charge in [0, 0.05) is 12.0 Å². The second kappa shape index (κ2) is 16.6. The fourth-order valence-corrected chi connectivity index (χ4v) is 4.17. The molecule has 0 aliphatic rings. The Labute approximate surface area is 250 Å². The van der Waals surface area contributed by atoms with Gasteiger partial charge in [-0.25, -0.2) is 4.79 Å². The third-order valence-corrected chi connectivity index (χ3v) is 6.44. The van der Waals surface area contributed by atoms with E-state index in [1.807, 2.05) is 13.8 Å². The smallest absolute Gasteiger partial charge is 0.326 e. The lowest BCUT2D eigenvalue weighted by Gasteiger charge is -2.23. The third-order valence-electron chi connectivity index (χ3n) is 6.44. The first-order valence-corrected chi connectivity index (χ1v) is 13.9. The summed E-state index contributed by atoms with van der Waals surface area (Å²) in [6.45, 7) is 4.57. The number of hydrogen-bond donors (Lipinski definition) is 7. The van der Waals surface area contributed by atoms with Gasteiger partial charge >= 0.3 is 5.97 Å². The Hall–Kier alpha value is -4.78. The summed E-state index contributed by atoms with van der Waals surface area (Å²) >= 11 is 0. The van der Waals surface area contributed by atoms with Crippen LogP contribution in [0.15, 0.2) is 54.6 Å². The molecule has 0 heterocycles. The lowest BCUT2D eigenvalue weighted by Crippen LogP contribution is -2.55. The van der Waals surface area contributed by atoms with Crippen molar-refractivity contribution in [2.24, 2.45) is 17.4 Å². The minimum absolute atomic E-state index is 0.00355. The van der Waals surface area contributed by atoms with Gasteiger partial charge in [0.15, 0.2) is 0 Å².